The van der Waals surface area contributed by atoms with E-state index in [9.17, 15) is 5.11 Å². The first-order chi connectivity index (χ1) is 6.74. The van der Waals surface area contributed by atoms with Crippen molar-refractivity contribution in [2.75, 3.05) is 12.8 Å². The van der Waals surface area contributed by atoms with Gasteiger partial charge in [-0.05, 0) is 32.6 Å². The van der Waals surface area contributed by atoms with Gasteiger partial charge in [0.2, 0.25) is 0 Å². The highest BCUT2D eigenvalue weighted by molar-refractivity contribution is 6.82. The van der Waals surface area contributed by atoms with E-state index in [1.165, 1.54) is 0 Å². The Kier molecular flexibility index (Phi) is 5.98. The Hall–Kier alpha value is 0.0538. The van der Waals surface area contributed by atoms with Gasteiger partial charge in [-0.15, -0.1) is 0 Å². The lowest BCUT2D eigenvalue weighted by molar-refractivity contribution is 0.211. The maximum absolute atomic E-state index is 9.46. The number of rotatable bonds is 7. The standard InChI is InChI=1S/C10H24O3Si2/c1-7-15(9-11,12-8-10(2)3)13-14(4,5)6/h11H,2,7-9H2,1,3-6H3. The Morgan fingerprint density at radius 3 is 2.13 bits per heavy atom. The van der Waals surface area contributed by atoms with Gasteiger partial charge in [0.25, 0.3) is 0 Å². The molecule has 0 amide bonds. The van der Waals surface area contributed by atoms with Crippen molar-refractivity contribution in [2.24, 2.45) is 0 Å². The first-order valence-electron chi connectivity index (χ1n) is 5.34. The fraction of sp³-hybridized carbons (Fsp3) is 0.800. The highest BCUT2D eigenvalue weighted by atomic mass is 28.4. The van der Waals surface area contributed by atoms with E-state index in [0.717, 1.165) is 11.6 Å². The zero-order chi connectivity index (χ0) is 12.1. The quantitative estimate of drug-likeness (QED) is 0.555. The van der Waals surface area contributed by atoms with E-state index in [2.05, 4.69) is 26.2 Å². The molecule has 1 N–H and O–H groups in total. The predicted octanol–water partition coefficient (Wildman–Crippen LogP) is 2.42. The molecular weight excluding hydrogens is 224 g/mol. The lowest BCUT2D eigenvalue weighted by Crippen LogP contribution is -2.52. The lowest BCUT2D eigenvalue weighted by atomic mass is 10.4. The molecule has 0 bridgehead atoms. The van der Waals surface area contributed by atoms with Gasteiger partial charge in [0.05, 0.1) is 12.8 Å². The van der Waals surface area contributed by atoms with Gasteiger partial charge in [-0.2, -0.15) is 0 Å². The maximum atomic E-state index is 9.46. The molecule has 15 heavy (non-hydrogen) atoms. The van der Waals surface area contributed by atoms with E-state index in [1.54, 1.807) is 0 Å². The van der Waals surface area contributed by atoms with Crippen LogP contribution in [0.4, 0.5) is 0 Å². The van der Waals surface area contributed by atoms with Crippen LogP contribution in [0.15, 0.2) is 12.2 Å². The van der Waals surface area contributed by atoms with Crippen molar-refractivity contribution in [3.8, 4) is 0 Å². The van der Waals surface area contributed by atoms with Gasteiger partial charge in [0.1, 0.15) is 0 Å². The van der Waals surface area contributed by atoms with Crippen LogP contribution in [-0.4, -0.2) is 34.8 Å². The summed E-state index contributed by atoms with van der Waals surface area (Å²) in [7, 11) is -4.04. The normalized spacial score (nSPS) is 16.1. The maximum Gasteiger partial charge on any atom is 0.354 e. The largest absolute Gasteiger partial charge is 0.435 e. The molecule has 90 valence electrons. The van der Waals surface area contributed by atoms with E-state index in [0.29, 0.717) is 6.61 Å². The van der Waals surface area contributed by atoms with E-state index < -0.39 is 16.9 Å². The summed E-state index contributed by atoms with van der Waals surface area (Å²) in [5.41, 5.74) is 0.966. The van der Waals surface area contributed by atoms with Crippen molar-refractivity contribution in [3.05, 3.63) is 12.2 Å². The summed E-state index contributed by atoms with van der Waals surface area (Å²) in [5, 5.41) is 9.46. The Morgan fingerprint density at radius 1 is 1.33 bits per heavy atom. The summed E-state index contributed by atoms with van der Waals surface area (Å²) in [6, 6.07) is 0.779. The van der Waals surface area contributed by atoms with Crippen LogP contribution in [0.1, 0.15) is 13.8 Å². The predicted molar refractivity (Wildman–Crippen MR) is 68.5 cm³/mol. The second-order valence-electron chi connectivity index (χ2n) is 4.88. The minimum absolute atomic E-state index is 0.0288. The number of hydrogen-bond donors (Lipinski definition) is 1. The van der Waals surface area contributed by atoms with Gasteiger partial charge in [-0.25, -0.2) is 0 Å². The first kappa shape index (κ1) is 15.1. The van der Waals surface area contributed by atoms with E-state index in [-0.39, 0.29) is 6.23 Å². The monoisotopic (exact) mass is 248 g/mol. The summed E-state index contributed by atoms with van der Waals surface area (Å²) in [6.45, 7) is 14.6. The average Bonchev–Trinajstić information content (AvgIpc) is 2.10. The summed E-state index contributed by atoms with van der Waals surface area (Å²) in [4.78, 5) is 0. The fourth-order valence-corrected chi connectivity index (χ4v) is 7.77. The third-order valence-electron chi connectivity index (χ3n) is 1.85. The van der Waals surface area contributed by atoms with Crippen molar-refractivity contribution in [3.63, 3.8) is 0 Å². The van der Waals surface area contributed by atoms with Crippen LogP contribution in [0.25, 0.3) is 0 Å². The van der Waals surface area contributed by atoms with Crippen LogP contribution in [0.5, 0.6) is 0 Å². The van der Waals surface area contributed by atoms with Crippen LogP contribution in [0.3, 0.4) is 0 Å². The van der Waals surface area contributed by atoms with E-state index in [1.807, 2.05) is 13.8 Å². The Bertz CT molecular complexity index is 207. The van der Waals surface area contributed by atoms with Crippen LogP contribution >= 0.6 is 0 Å². The van der Waals surface area contributed by atoms with Crippen molar-refractivity contribution in [1.82, 2.24) is 0 Å². The second-order valence-corrected chi connectivity index (χ2v) is 13.1. The molecule has 0 aliphatic heterocycles. The molecule has 0 aromatic rings. The van der Waals surface area contributed by atoms with Crippen LogP contribution in [0.2, 0.25) is 25.7 Å². The summed E-state index contributed by atoms with van der Waals surface area (Å²) in [5.74, 6) is 0. The topological polar surface area (TPSA) is 38.7 Å². The molecule has 0 aromatic heterocycles. The second kappa shape index (κ2) is 5.95. The van der Waals surface area contributed by atoms with Gasteiger partial charge in [0.15, 0.2) is 8.32 Å². The van der Waals surface area contributed by atoms with Crippen LogP contribution in [-0.2, 0) is 8.54 Å². The Labute approximate surface area is 95.5 Å². The molecule has 3 nitrogen and oxygen atoms in total. The minimum Gasteiger partial charge on any atom is -0.435 e. The SMILES string of the molecule is C=C(C)CO[Si](CC)(CO)O[Si](C)(C)C. The first-order valence-corrected chi connectivity index (χ1v) is 11.0. The number of aliphatic hydroxyl groups is 1. The van der Waals surface area contributed by atoms with Crippen molar-refractivity contribution in [2.45, 2.75) is 39.5 Å². The highest BCUT2D eigenvalue weighted by Crippen LogP contribution is 2.19. The minimum atomic E-state index is -2.39. The highest BCUT2D eigenvalue weighted by Gasteiger charge is 2.39. The van der Waals surface area contributed by atoms with Gasteiger partial charge in [-0.3, -0.25) is 0 Å². The van der Waals surface area contributed by atoms with Gasteiger partial charge in [0, 0.05) is 0 Å². The summed E-state index contributed by atoms with van der Waals surface area (Å²) >= 11 is 0. The zero-order valence-electron chi connectivity index (χ0n) is 10.6. The third kappa shape index (κ3) is 6.26. The average molecular weight is 248 g/mol. The van der Waals surface area contributed by atoms with Crippen LogP contribution in [0, 0.1) is 0 Å². The molecular formula is C10H24O3Si2. The molecule has 0 spiro atoms. The molecule has 0 rings (SSSR count). The summed E-state index contributed by atoms with van der Waals surface area (Å²) in [6.07, 6.45) is 0.0288. The smallest absolute Gasteiger partial charge is 0.354 e. The molecule has 0 aliphatic rings. The molecule has 1 atom stereocenters. The van der Waals surface area contributed by atoms with Crippen molar-refractivity contribution < 1.29 is 13.6 Å². The Morgan fingerprint density at radius 2 is 1.87 bits per heavy atom. The van der Waals surface area contributed by atoms with E-state index >= 15 is 0 Å². The van der Waals surface area contributed by atoms with Gasteiger partial charge >= 0.3 is 8.56 Å². The van der Waals surface area contributed by atoms with Gasteiger partial charge in [-0.1, -0.05) is 19.1 Å². The molecule has 0 aromatic carbocycles. The van der Waals surface area contributed by atoms with Crippen molar-refractivity contribution >= 4 is 16.9 Å². The molecule has 0 fully saturated rings. The molecule has 0 aliphatic carbocycles. The van der Waals surface area contributed by atoms with Crippen LogP contribution < -0.4 is 0 Å². The van der Waals surface area contributed by atoms with E-state index in [4.69, 9.17) is 8.54 Å². The zero-order valence-corrected chi connectivity index (χ0v) is 12.6. The third-order valence-corrected chi connectivity index (χ3v) is 8.02. The Balaban J connectivity index is 4.50. The number of aliphatic hydroxyl groups excluding tert-OH is 1. The molecule has 0 heterocycles. The van der Waals surface area contributed by atoms with Crippen molar-refractivity contribution in [1.29, 1.82) is 0 Å². The fourth-order valence-electron chi connectivity index (χ4n) is 1.21. The molecule has 0 radical (unpaired) electrons. The molecule has 5 heteroatoms. The lowest BCUT2D eigenvalue weighted by Gasteiger charge is -2.34. The van der Waals surface area contributed by atoms with Gasteiger partial charge < -0.3 is 13.6 Å². The number of hydrogen-bond acceptors (Lipinski definition) is 3. The molecule has 0 saturated carbocycles. The summed E-state index contributed by atoms with van der Waals surface area (Å²) < 4.78 is 11.8. The molecule has 0 saturated heterocycles. The molecule has 1 unspecified atom stereocenters.